The summed E-state index contributed by atoms with van der Waals surface area (Å²) in [5, 5.41) is 1.45. The molecular formula is C26H25ClF3N3. The van der Waals surface area contributed by atoms with Crippen LogP contribution in [0.4, 0.5) is 13.2 Å². The highest BCUT2D eigenvalue weighted by atomic mass is 35.5. The molecule has 0 amide bonds. The largest absolute Gasteiger partial charge is 0.416 e. The lowest BCUT2D eigenvalue weighted by Crippen LogP contribution is -2.06. The third kappa shape index (κ3) is 4.49. The highest BCUT2D eigenvalue weighted by molar-refractivity contribution is 6.36. The first-order valence-corrected chi connectivity index (χ1v) is 11.2. The van der Waals surface area contributed by atoms with Gasteiger partial charge in [-0.2, -0.15) is 13.2 Å². The standard InChI is InChI=1S/C26H25ClF3N3/c1-5-22-20(12-17-6-9-19(10-7-17)26(28,29)30)25(27)21-13-18(8-11-23(21)32-22)15(2)24-14-31-16(3)33(24)4/h6-11,13-15H,5,12H2,1-4H3. The molecule has 0 N–H and O–H groups in total. The lowest BCUT2D eigenvalue weighted by atomic mass is 9.94. The van der Waals surface area contributed by atoms with E-state index in [1.807, 2.05) is 33.2 Å². The van der Waals surface area contributed by atoms with Crippen molar-refractivity contribution in [3.63, 3.8) is 0 Å². The van der Waals surface area contributed by atoms with Gasteiger partial charge in [0.15, 0.2) is 0 Å². The first-order valence-electron chi connectivity index (χ1n) is 10.8. The molecule has 4 aromatic rings. The van der Waals surface area contributed by atoms with Crippen molar-refractivity contribution >= 4 is 22.5 Å². The van der Waals surface area contributed by atoms with E-state index < -0.39 is 11.7 Å². The van der Waals surface area contributed by atoms with Gasteiger partial charge in [-0.3, -0.25) is 4.98 Å². The number of fused-ring (bicyclic) bond motifs is 1. The minimum absolute atomic E-state index is 0.112. The summed E-state index contributed by atoms with van der Waals surface area (Å²) in [5.74, 6) is 1.06. The zero-order valence-electron chi connectivity index (χ0n) is 19.0. The fourth-order valence-corrected chi connectivity index (χ4v) is 4.51. The predicted octanol–water partition coefficient (Wildman–Crippen LogP) is 7.25. The van der Waals surface area contributed by atoms with E-state index in [0.717, 1.165) is 56.9 Å². The monoisotopic (exact) mass is 471 g/mol. The Kier molecular flexibility index (Phi) is 6.23. The Hall–Kier alpha value is -2.86. The van der Waals surface area contributed by atoms with E-state index in [1.54, 1.807) is 0 Å². The number of rotatable bonds is 5. The zero-order valence-corrected chi connectivity index (χ0v) is 19.7. The number of alkyl halides is 3. The Morgan fingerprint density at radius 2 is 1.79 bits per heavy atom. The van der Waals surface area contributed by atoms with Crippen molar-refractivity contribution < 1.29 is 13.2 Å². The van der Waals surface area contributed by atoms with Gasteiger partial charge in [-0.1, -0.05) is 43.6 Å². The molecule has 0 spiro atoms. The average Bonchev–Trinajstić information content (AvgIpc) is 3.12. The normalized spacial score (nSPS) is 13.0. The molecule has 172 valence electrons. The van der Waals surface area contributed by atoms with E-state index in [2.05, 4.69) is 28.6 Å². The molecule has 0 fully saturated rings. The second-order valence-electron chi connectivity index (χ2n) is 8.36. The van der Waals surface area contributed by atoms with Crippen LogP contribution >= 0.6 is 11.6 Å². The zero-order chi connectivity index (χ0) is 23.9. The van der Waals surface area contributed by atoms with Crippen LogP contribution in [0.5, 0.6) is 0 Å². The van der Waals surface area contributed by atoms with E-state index >= 15 is 0 Å². The van der Waals surface area contributed by atoms with Crippen molar-refractivity contribution in [2.24, 2.45) is 7.05 Å². The highest BCUT2D eigenvalue weighted by Gasteiger charge is 2.30. The van der Waals surface area contributed by atoms with Crippen LogP contribution in [0, 0.1) is 6.92 Å². The number of hydrogen-bond acceptors (Lipinski definition) is 2. The van der Waals surface area contributed by atoms with E-state index in [4.69, 9.17) is 16.6 Å². The van der Waals surface area contributed by atoms with Gasteiger partial charge >= 0.3 is 6.18 Å². The Bertz CT molecular complexity index is 1310. The fraction of sp³-hybridized carbons (Fsp3) is 0.308. The van der Waals surface area contributed by atoms with Crippen LogP contribution in [0.15, 0.2) is 48.7 Å². The second kappa shape index (κ2) is 8.82. The molecule has 3 nitrogen and oxygen atoms in total. The van der Waals surface area contributed by atoms with Crippen LogP contribution in [0.1, 0.15) is 59.2 Å². The summed E-state index contributed by atoms with van der Waals surface area (Å²) in [5.41, 5.74) is 4.82. The number of hydrogen-bond donors (Lipinski definition) is 0. The third-order valence-corrected chi connectivity index (χ3v) is 6.75. The highest BCUT2D eigenvalue weighted by Crippen LogP contribution is 2.35. The molecule has 1 atom stereocenters. The lowest BCUT2D eigenvalue weighted by Gasteiger charge is -2.17. The van der Waals surface area contributed by atoms with Gasteiger partial charge in [0.1, 0.15) is 5.82 Å². The quantitative estimate of drug-likeness (QED) is 0.307. The Labute approximate surface area is 196 Å². The van der Waals surface area contributed by atoms with Crippen molar-refractivity contribution in [1.82, 2.24) is 14.5 Å². The molecule has 7 heteroatoms. The SMILES string of the molecule is CCc1nc2ccc(C(C)c3cnc(C)n3C)cc2c(Cl)c1Cc1ccc(C(F)(F)F)cc1. The molecule has 2 heterocycles. The van der Waals surface area contributed by atoms with Crippen LogP contribution in [0.2, 0.25) is 5.02 Å². The lowest BCUT2D eigenvalue weighted by molar-refractivity contribution is -0.137. The summed E-state index contributed by atoms with van der Waals surface area (Å²) >= 11 is 6.90. The molecular weight excluding hydrogens is 447 g/mol. The van der Waals surface area contributed by atoms with E-state index in [9.17, 15) is 13.2 Å². The van der Waals surface area contributed by atoms with Crippen molar-refractivity contribution in [1.29, 1.82) is 0 Å². The summed E-state index contributed by atoms with van der Waals surface area (Å²) in [6.07, 6.45) is -1.36. The minimum Gasteiger partial charge on any atom is -0.335 e. The maximum absolute atomic E-state index is 12.9. The molecule has 1 unspecified atom stereocenters. The predicted molar refractivity (Wildman–Crippen MR) is 126 cm³/mol. The van der Waals surface area contributed by atoms with Crippen LogP contribution < -0.4 is 0 Å². The average molecular weight is 472 g/mol. The topological polar surface area (TPSA) is 30.7 Å². The van der Waals surface area contributed by atoms with Gasteiger partial charge in [-0.15, -0.1) is 0 Å². The first-order chi connectivity index (χ1) is 15.6. The van der Waals surface area contributed by atoms with Crippen molar-refractivity contribution in [2.45, 2.75) is 45.7 Å². The van der Waals surface area contributed by atoms with Gasteiger partial charge < -0.3 is 4.57 Å². The maximum atomic E-state index is 12.9. The van der Waals surface area contributed by atoms with Crippen molar-refractivity contribution in [3.8, 4) is 0 Å². The van der Waals surface area contributed by atoms with Gasteiger partial charge in [0.2, 0.25) is 0 Å². The molecule has 4 rings (SSSR count). The number of benzene rings is 2. The number of aromatic nitrogens is 3. The van der Waals surface area contributed by atoms with Crippen LogP contribution in [-0.2, 0) is 26.1 Å². The Morgan fingerprint density at radius 1 is 1.09 bits per heavy atom. The summed E-state index contributed by atoms with van der Waals surface area (Å²) in [4.78, 5) is 9.22. The van der Waals surface area contributed by atoms with Crippen LogP contribution in [0.3, 0.4) is 0 Å². The number of halogens is 4. The minimum atomic E-state index is -4.35. The maximum Gasteiger partial charge on any atom is 0.416 e. The van der Waals surface area contributed by atoms with Crippen LogP contribution in [0.25, 0.3) is 10.9 Å². The molecule has 0 aliphatic rings. The third-order valence-electron chi connectivity index (χ3n) is 6.32. The molecule has 0 aliphatic heterocycles. The first kappa shape index (κ1) is 23.3. The molecule has 2 aromatic carbocycles. The van der Waals surface area contributed by atoms with Gasteiger partial charge in [0, 0.05) is 42.4 Å². The summed E-state index contributed by atoms with van der Waals surface area (Å²) in [7, 11) is 2.00. The van der Waals surface area contributed by atoms with Crippen molar-refractivity contribution in [3.05, 3.63) is 93.2 Å². The molecule has 0 radical (unpaired) electrons. The van der Waals surface area contributed by atoms with Gasteiger partial charge in [-0.05, 0) is 54.3 Å². The number of aryl methyl sites for hydroxylation is 2. The van der Waals surface area contributed by atoms with E-state index in [-0.39, 0.29) is 5.92 Å². The Morgan fingerprint density at radius 3 is 2.36 bits per heavy atom. The molecule has 0 saturated heterocycles. The van der Waals surface area contributed by atoms with Gasteiger partial charge in [0.25, 0.3) is 0 Å². The molecule has 0 saturated carbocycles. The number of imidazole rings is 1. The number of nitrogens with zero attached hydrogens (tertiary/aromatic N) is 3. The molecule has 0 bridgehead atoms. The smallest absolute Gasteiger partial charge is 0.335 e. The molecule has 33 heavy (non-hydrogen) atoms. The van der Waals surface area contributed by atoms with Gasteiger partial charge in [-0.25, -0.2) is 4.98 Å². The summed E-state index contributed by atoms with van der Waals surface area (Å²) in [6.45, 7) is 6.10. The number of pyridine rings is 1. The molecule has 0 aliphatic carbocycles. The van der Waals surface area contributed by atoms with Gasteiger partial charge in [0.05, 0.1) is 16.1 Å². The van der Waals surface area contributed by atoms with Crippen LogP contribution in [-0.4, -0.2) is 14.5 Å². The Balaban J connectivity index is 1.75. The summed E-state index contributed by atoms with van der Waals surface area (Å²) in [6, 6.07) is 11.3. The second-order valence-corrected chi connectivity index (χ2v) is 8.74. The molecule has 2 aromatic heterocycles. The van der Waals surface area contributed by atoms with E-state index in [1.165, 1.54) is 12.1 Å². The van der Waals surface area contributed by atoms with E-state index in [0.29, 0.717) is 17.9 Å². The summed E-state index contributed by atoms with van der Waals surface area (Å²) < 4.78 is 40.8. The van der Waals surface area contributed by atoms with Crippen molar-refractivity contribution in [2.75, 3.05) is 0 Å². The fourth-order valence-electron chi connectivity index (χ4n) is 4.18.